The van der Waals surface area contributed by atoms with E-state index in [1.54, 1.807) is 30.6 Å². The van der Waals surface area contributed by atoms with Crippen LogP contribution in [0.3, 0.4) is 0 Å². The molecule has 11 nitrogen and oxygen atoms in total. The number of fused-ring (bicyclic) bond motifs is 7. The lowest BCUT2D eigenvalue weighted by atomic mass is 10.1. The fourth-order valence-corrected chi connectivity index (χ4v) is 6.23. The van der Waals surface area contributed by atoms with Crippen LogP contribution in [0, 0.1) is 0 Å². The summed E-state index contributed by atoms with van der Waals surface area (Å²) < 4.78 is 5.53. The molecule has 1 saturated heterocycles. The number of hydrogen-bond donors (Lipinski definition) is 4. The Balaban J connectivity index is 1.65. The molecule has 2 bridgehead atoms. The summed E-state index contributed by atoms with van der Waals surface area (Å²) >= 11 is 0. The zero-order valence-electron chi connectivity index (χ0n) is 20.8. The third kappa shape index (κ3) is 7.97. The van der Waals surface area contributed by atoms with Crippen LogP contribution in [0.2, 0.25) is 0 Å². The van der Waals surface area contributed by atoms with Gasteiger partial charge in [-0.25, -0.2) is 0 Å². The van der Waals surface area contributed by atoms with Gasteiger partial charge in [-0.15, -0.1) is 0 Å². The van der Waals surface area contributed by atoms with Crippen molar-refractivity contribution in [2.45, 2.75) is 62.3 Å². The van der Waals surface area contributed by atoms with Crippen LogP contribution in [0.25, 0.3) is 0 Å². The second-order valence-corrected chi connectivity index (χ2v) is 12.0. The summed E-state index contributed by atoms with van der Waals surface area (Å²) in [6.45, 7) is 0.0403. The largest absolute Gasteiger partial charge is 0.458 e. The number of esters is 1. The third-order valence-electron chi connectivity index (χ3n) is 6.34. The highest BCUT2D eigenvalue weighted by Gasteiger charge is 2.51. The first-order chi connectivity index (χ1) is 18.3. The molecule has 3 atom stereocenters. The Kier molecular flexibility index (Phi) is 9.67. The molecule has 38 heavy (non-hydrogen) atoms. The summed E-state index contributed by atoms with van der Waals surface area (Å²) in [5.41, 5.74) is -0.288. The molecule has 0 unspecified atom stereocenters. The molecule has 4 N–H and O–H groups in total. The number of nitrogens with one attached hydrogen (secondary N) is 4. The van der Waals surface area contributed by atoms with Gasteiger partial charge in [-0.2, -0.15) is 0 Å². The van der Waals surface area contributed by atoms with Crippen molar-refractivity contribution >= 4 is 51.2 Å². The van der Waals surface area contributed by atoms with Crippen LogP contribution >= 0.6 is 21.6 Å². The predicted octanol–water partition coefficient (Wildman–Crippen LogP) is 0.406. The number of nitrogens with zero attached hydrogens (tertiary/aromatic N) is 1. The minimum absolute atomic E-state index is 0.0403. The average molecular weight is 562 g/mol. The van der Waals surface area contributed by atoms with Crippen molar-refractivity contribution in [1.29, 1.82) is 0 Å². The molecule has 1 spiro atoms. The molecular formula is C25H31N5O6S2. The molecule has 0 radical (unpaired) electrons. The monoisotopic (exact) mass is 561 g/mol. The van der Waals surface area contributed by atoms with E-state index in [1.807, 2.05) is 6.08 Å². The minimum Gasteiger partial charge on any atom is -0.458 e. The maximum Gasteiger partial charge on any atom is 0.308 e. The molecule has 13 heteroatoms. The first kappa shape index (κ1) is 28.0. The number of aromatic nitrogens is 1. The van der Waals surface area contributed by atoms with Gasteiger partial charge in [-0.1, -0.05) is 27.7 Å². The van der Waals surface area contributed by atoms with E-state index in [-0.39, 0.29) is 37.5 Å². The van der Waals surface area contributed by atoms with Gasteiger partial charge in [0, 0.05) is 36.9 Å². The standard InChI is InChI=1S/C25H31N5O6S2/c31-20-14-17-3-1-2-12-37-38-15-19(29-22(33)18(28-20)13-16-4-9-26-10-5-16)23(34)30-25(7-8-25)24(35)27-11-6-21(32)36-17/h1,3-5,9-10,17-19H,2,6-8,11-15H2,(H,27,35)(H,28,31)(H,29,33)(H,30,34)/b3-1+/t17-,18-,19-/m1/s1. The first-order valence-electron chi connectivity index (χ1n) is 12.5. The second kappa shape index (κ2) is 13.1. The molecule has 1 aromatic heterocycles. The Labute approximate surface area is 228 Å². The van der Waals surface area contributed by atoms with Crippen molar-refractivity contribution < 1.29 is 28.7 Å². The van der Waals surface area contributed by atoms with Crippen molar-refractivity contribution in [3.63, 3.8) is 0 Å². The van der Waals surface area contributed by atoms with Crippen molar-refractivity contribution in [3.8, 4) is 0 Å². The number of pyridine rings is 1. The molecule has 4 rings (SSSR count). The quantitative estimate of drug-likeness (QED) is 0.228. The van der Waals surface area contributed by atoms with Crippen LogP contribution in [0.1, 0.15) is 37.7 Å². The highest BCUT2D eigenvalue weighted by Crippen LogP contribution is 2.36. The second-order valence-electron chi connectivity index (χ2n) is 9.37. The molecule has 3 heterocycles. The zero-order chi connectivity index (χ0) is 27.0. The highest BCUT2D eigenvalue weighted by atomic mass is 33.1. The SMILES string of the molecule is O=C1C[C@H]2/C=C/CCSSC[C@@H](NC(=O)[C@@H](Cc3ccncc3)N1)C(=O)NC1(CC1)C(=O)NCCC(=O)O2. The lowest BCUT2D eigenvalue weighted by Gasteiger charge is -2.25. The smallest absolute Gasteiger partial charge is 0.308 e. The van der Waals surface area contributed by atoms with E-state index in [2.05, 4.69) is 26.3 Å². The normalized spacial score (nSPS) is 28.0. The molecule has 4 amide bonds. The number of hydrogen-bond acceptors (Lipinski definition) is 9. The predicted molar refractivity (Wildman–Crippen MR) is 143 cm³/mol. The number of amides is 4. The number of allylic oxidation sites excluding steroid dienone is 1. The molecule has 3 aliphatic rings. The summed E-state index contributed by atoms with van der Waals surface area (Å²) in [4.78, 5) is 69.1. The van der Waals surface area contributed by atoms with E-state index in [4.69, 9.17) is 4.74 Å². The fraction of sp³-hybridized carbons (Fsp3) is 0.520. The number of carbonyl (C=O) groups excluding carboxylic acids is 5. The van der Waals surface area contributed by atoms with E-state index in [0.29, 0.717) is 25.0 Å². The number of ether oxygens (including phenoxy) is 1. The molecule has 1 aromatic rings. The minimum atomic E-state index is -1.06. The van der Waals surface area contributed by atoms with Crippen LogP contribution in [0.5, 0.6) is 0 Å². The van der Waals surface area contributed by atoms with Gasteiger partial charge < -0.3 is 26.0 Å². The van der Waals surface area contributed by atoms with Crippen molar-refractivity contribution in [1.82, 2.24) is 26.3 Å². The van der Waals surface area contributed by atoms with Crippen LogP contribution in [0.15, 0.2) is 36.7 Å². The van der Waals surface area contributed by atoms with Gasteiger partial charge in [-0.05, 0) is 43.0 Å². The topological polar surface area (TPSA) is 156 Å². The fourth-order valence-electron chi connectivity index (χ4n) is 4.08. The molecular weight excluding hydrogens is 530 g/mol. The molecule has 0 aromatic carbocycles. The van der Waals surface area contributed by atoms with Gasteiger partial charge in [-0.3, -0.25) is 29.0 Å². The molecule has 2 fully saturated rings. The Morgan fingerprint density at radius 2 is 1.82 bits per heavy atom. The van der Waals surface area contributed by atoms with Gasteiger partial charge >= 0.3 is 5.97 Å². The lowest BCUT2D eigenvalue weighted by molar-refractivity contribution is -0.148. The summed E-state index contributed by atoms with van der Waals surface area (Å²) in [5, 5.41) is 11.1. The Morgan fingerprint density at radius 1 is 1.03 bits per heavy atom. The summed E-state index contributed by atoms with van der Waals surface area (Å²) in [5.74, 6) is -1.42. The van der Waals surface area contributed by atoms with Crippen LogP contribution < -0.4 is 21.3 Å². The van der Waals surface area contributed by atoms with Gasteiger partial charge in [0.1, 0.15) is 23.7 Å². The summed E-state index contributed by atoms with van der Waals surface area (Å²) in [6, 6.07) is 1.57. The van der Waals surface area contributed by atoms with Gasteiger partial charge in [0.15, 0.2) is 0 Å². The van der Waals surface area contributed by atoms with Gasteiger partial charge in [0.05, 0.1) is 12.8 Å². The molecule has 1 aliphatic carbocycles. The van der Waals surface area contributed by atoms with Gasteiger partial charge in [0.25, 0.3) is 0 Å². The Morgan fingerprint density at radius 3 is 2.58 bits per heavy atom. The maximum atomic E-state index is 13.4. The number of rotatable bonds is 2. The number of carbonyl (C=O) groups is 5. The van der Waals surface area contributed by atoms with E-state index >= 15 is 0 Å². The van der Waals surface area contributed by atoms with E-state index in [1.165, 1.54) is 21.6 Å². The van der Waals surface area contributed by atoms with Crippen LogP contribution in [-0.2, 0) is 35.1 Å². The maximum absolute atomic E-state index is 13.4. The van der Waals surface area contributed by atoms with Crippen LogP contribution in [-0.4, -0.2) is 76.4 Å². The summed E-state index contributed by atoms with van der Waals surface area (Å²) in [7, 11) is 2.98. The molecule has 204 valence electrons. The first-order valence-corrected chi connectivity index (χ1v) is 15.0. The van der Waals surface area contributed by atoms with Crippen molar-refractivity contribution in [2.24, 2.45) is 0 Å². The Hall–Kier alpha value is -3.06. The van der Waals surface area contributed by atoms with E-state index in [9.17, 15) is 24.0 Å². The third-order valence-corrected chi connectivity index (χ3v) is 8.79. The van der Waals surface area contributed by atoms with Crippen LogP contribution in [0.4, 0.5) is 0 Å². The van der Waals surface area contributed by atoms with E-state index in [0.717, 1.165) is 5.56 Å². The van der Waals surface area contributed by atoms with E-state index < -0.39 is 47.4 Å². The van der Waals surface area contributed by atoms with Gasteiger partial charge in [0.2, 0.25) is 23.6 Å². The summed E-state index contributed by atoms with van der Waals surface area (Å²) in [6.07, 6.45) is 7.39. The molecule has 2 aliphatic heterocycles. The van der Waals surface area contributed by atoms with Crippen molar-refractivity contribution in [3.05, 3.63) is 42.2 Å². The average Bonchev–Trinajstić information content (AvgIpc) is 3.67. The molecule has 1 saturated carbocycles. The zero-order valence-corrected chi connectivity index (χ0v) is 22.4. The lowest BCUT2D eigenvalue weighted by Crippen LogP contribution is -2.58. The van der Waals surface area contributed by atoms with Crippen molar-refractivity contribution in [2.75, 3.05) is 18.1 Å². The highest BCUT2D eigenvalue weighted by molar-refractivity contribution is 8.76. The Bertz CT molecular complexity index is 1080.